The number of rotatable bonds is 5. The van der Waals surface area contributed by atoms with Gasteiger partial charge in [-0.2, -0.15) is 4.98 Å². The fourth-order valence-electron chi connectivity index (χ4n) is 3.83. The topological polar surface area (TPSA) is 66.5 Å². The lowest BCUT2D eigenvalue weighted by atomic mass is 9.79. The fourth-order valence-corrected chi connectivity index (χ4v) is 3.83. The van der Waals surface area contributed by atoms with Crippen LogP contribution in [-0.2, 0) is 6.42 Å². The first-order chi connectivity index (χ1) is 12.7. The Morgan fingerprint density at radius 1 is 1.33 bits per heavy atom. The number of aryl methyl sites for hydroxylation is 1. The van der Waals surface area contributed by atoms with Crippen molar-refractivity contribution in [2.24, 2.45) is 10.9 Å². The van der Waals surface area contributed by atoms with Crippen molar-refractivity contribution < 1.29 is 4.52 Å². The first-order valence-electron chi connectivity index (χ1n) is 9.51. The van der Waals surface area contributed by atoms with Gasteiger partial charge in [0.25, 0.3) is 0 Å². The van der Waals surface area contributed by atoms with Gasteiger partial charge in [0.1, 0.15) is 0 Å². The maximum Gasteiger partial charge on any atom is 0.228 e. The number of hydrogen-bond donors (Lipinski definition) is 1. The van der Waals surface area contributed by atoms with Crippen molar-refractivity contribution in [2.45, 2.75) is 39.0 Å². The zero-order valence-electron chi connectivity index (χ0n) is 16.4. The number of aromatic nitrogens is 2. The summed E-state index contributed by atoms with van der Waals surface area (Å²) in [6.45, 7) is 6.92. The van der Waals surface area contributed by atoms with E-state index in [2.05, 4.69) is 62.6 Å². The normalized spacial score (nSPS) is 20.3. The number of nitrogens with zero attached hydrogens (tertiary/aromatic N) is 4. The number of hydrogen-bond acceptors (Lipinski definition) is 4. The van der Waals surface area contributed by atoms with Crippen LogP contribution in [0.3, 0.4) is 0 Å². The van der Waals surface area contributed by atoms with E-state index in [9.17, 15) is 0 Å². The third-order valence-corrected chi connectivity index (χ3v) is 5.19. The van der Waals surface area contributed by atoms with E-state index in [0.29, 0.717) is 30.0 Å². The smallest absolute Gasteiger partial charge is 0.228 e. The van der Waals surface area contributed by atoms with Gasteiger partial charge in [-0.1, -0.05) is 48.8 Å². The van der Waals surface area contributed by atoms with Crippen LogP contribution >= 0.6 is 24.0 Å². The predicted octanol–water partition coefficient (Wildman–Crippen LogP) is 3.63. The van der Waals surface area contributed by atoms with Crippen molar-refractivity contribution in [3.63, 3.8) is 0 Å². The number of guanidine groups is 1. The molecular weight excluding hydrogens is 453 g/mol. The summed E-state index contributed by atoms with van der Waals surface area (Å²) in [5.74, 6) is 3.59. The monoisotopic (exact) mass is 483 g/mol. The van der Waals surface area contributed by atoms with Gasteiger partial charge < -0.3 is 14.7 Å². The highest BCUT2D eigenvalue weighted by Crippen LogP contribution is 2.34. The Hall–Kier alpha value is -1.64. The van der Waals surface area contributed by atoms with Gasteiger partial charge >= 0.3 is 0 Å². The number of nitrogens with one attached hydrogen (secondary N) is 1. The summed E-state index contributed by atoms with van der Waals surface area (Å²) in [6.07, 6.45) is 3.04. The molecule has 2 unspecified atom stereocenters. The van der Waals surface area contributed by atoms with Crippen LogP contribution in [0.25, 0.3) is 0 Å². The zero-order valence-corrected chi connectivity index (χ0v) is 18.7. The Morgan fingerprint density at radius 2 is 2.11 bits per heavy atom. The van der Waals surface area contributed by atoms with Crippen molar-refractivity contribution in [2.75, 3.05) is 26.7 Å². The van der Waals surface area contributed by atoms with Crippen LogP contribution in [0.15, 0.2) is 39.8 Å². The van der Waals surface area contributed by atoms with Gasteiger partial charge in [-0.3, -0.25) is 4.99 Å². The number of likely N-dealkylation sites (tertiary alicyclic amines) is 1. The van der Waals surface area contributed by atoms with E-state index in [1.54, 1.807) is 0 Å². The third-order valence-electron chi connectivity index (χ3n) is 5.19. The maximum absolute atomic E-state index is 5.17. The lowest BCUT2D eigenvalue weighted by molar-refractivity contribution is 0.215. The summed E-state index contributed by atoms with van der Waals surface area (Å²) < 4.78 is 5.17. The SMILES string of the molecule is CCC1CN(C(=NC)NCCc2nc(C)no2)CCC1c1ccccc1.I. The van der Waals surface area contributed by atoms with Crippen LogP contribution in [0.1, 0.15) is 43.0 Å². The van der Waals surface area contributed by atoms with Gasteiger partial charge in [-0.05, 0) is 30.7 Å². The summed E-state index contributed by atoms with van der Waals surface area (Å²) in [4.78, 5) is 11.1. The van der Waals surface area contributed by atoms with E-state index in [1.165, 1.54) is 12.0 Å². The molecule has 7 heteroatoms. The number of aliphatic imine (C=N–C) groups is 1. The van der Waals surface area contributed by atoms with E-state index >= 15 is 0 Å². The maximum atomic E-state index is 5.17. The van der Waals surface area contributed by atoms with Gasteiger partial charge in [0.15, 0.2) is 11.8 Å². The molecule has 0 spiro atoms. The minimum atomic E-state index is 0. The Balaban J connectivity index is 0.00000261. The summed E-state index contributed by atoms with van der Waals surface area (Å²) in [7, 11) is 1.85. The number of benzene rings is 1. The molecule has 1 aromatic carbocycles. The second kappa shape index (κ2) is 10.6. The third kappa shape index (κ3) is 5.67. The molecular formula is C20H30IN5O. The number of piperidine rings is 1. The van der Waals surface area contributed by atoms with E-state index in [0.717, 1.165) is 32.0 Å². The molecule has 0 aliphatic carbocycles. The van der Waals surface area contributed by atoms with E-state index < -0.39 is 0 Å². The van der Waals surface area contributed by atoms with Gasteiger partial charge in [-0.15, -0.1) is 24.0 Å². The summed E-state index contributed by atoms with van der Waals surface area (Å²) in [5, 5.41) is 7.27. The standard InChI is InChI=1S/C20H29N5O.HI/c1-4-16-14-25(13-11-18(16)17-8-6-5-7-9-17)20(21-3)22-12-10-19-23-15(2)24-26-19;/h5-9,16,18H,4,10-14H2,1-3H3,(H,21,22);1H. The molecule has 1 aliphatic heterocycles. The van der Waals surface area contributed by atoms with Crippen molar-refractivity contribution in [1.82, 2.24) is 20.4 Å². The predicted molar refractivity (Wildman–Crippen MR) is 119 cm³/mol. The van der Waals surface area contributed by atoms with E-state index in [4.69, 9.17) is 4.52 Å². The second-order valence-electron chi connectivity index (χ2n) is 6.88. The summed E-state index contributed by atoms with van der Waals surface area (Å²) in [6, 6.07) is 10.9. The Bertz CT molecular complexity index is 718. The molecule has 0 saturated carbocycles. The second-order valence-corrected chi connectivity index (χ2v) is 6.88. The molecule has 0 amide bonds. The Kier molecular flexibility index (Phi) is 8.53. The van der Waals surface area contributed by atoms with Crippen molar-refractivity contribution >= 4 is 29.9 Å². The lowest BCUT2D eigenvalue weighted by Gasteiger charge is -2.40. The molecule has 6 nitrogen and oxygen atoms in total. The highest BCUT2D eigenvalue weighted by molar-refractivity contribution is 14.0. The molecule has 2 atom stereocenters. The Labute approximate surface area is 178 Å². The summed E-state index contributed by atoms with van der Waals surface area (Å²) in [5.41, 5.74) is 1.47. The molecule has 2 aromatic rings. The fraction of sp³-hybridized carbons (Fsp3) is 0.550. The molecule has 1 saturated heterocycles. The van der Waals surface area contributed by atoms with Crippen LogP contribution in [0, 0.1) is 12.8 Å². The molecule has 1 aromatic heterocycles. The van der Waals surface area contributed by atoms with Gasteiger partial charge in [0, 0.05) is 33.1 Å². The van der Waals surface area contributed by atoms with E-state index in [-0.39, 0.29) is 24.0 Å². The number of halogens is 1. The van der Waals surface area contributed by atoms with Crippen molar-refractivity contribution in [3.8, 4) is 0 Å². The molecule has 1 aliphatic rings. The van der Waals surface area contributed by atoms with E-state index in [1.807, 2.05) is 14.0 Å². The van der Waals surface area contributed by atoms with Crippen LogP contribution in [0.2, 0.25) is 0 Å². The van der Waals surface area contributed by atoms with Crippen LogP contribution < -0.4 is 5.32 Å². The largest absolute Gasteiger partial charge is 0.356 e. The first kappa shape index (κ1) is 21.7. The zero-order chi connectivity index (χ0) is 18.4. The van der Waals surface area contributed by atoms with Gasteiger partial charge in [0.2, 0.25) is 5.89 Å². The first-order valence-corrected chi connectivity index (χ1v) is 9.51. The van der Waals surface area contributed by atoms with Crippen LogP contribution in [0.5, 0.6) is 0 Å². The Morgan fingerprint density at radius 3 is 2.74 bits per heavy atom. The molecule has 3 rings (SSSR count). The highest BCUT2D eigenvalue weighted by atomic mass is 127. The average Bonchev–Trinajstić information content (AvgIpc) is 3.10. The molecule has 0 radical (unpaired) electrons. The summed E-state index contributed by atoms with van der Waals surface area (Å²) >= 11 is 0. The quantitative estimate of drug-likeness (QED) is 0.400. The van der Waals surface area contributed by atoms with Crippen LogP contribution in [-0.4, -0.2) is 47.7 Å². The van der Waals surface area contributed by atoms with Crippen LogP contribution in [0.4, 0.5) is 0 Å². The minimum absolute atomic E-state index is 0. The van der Waals surface area contributed by atoms with Crippen molar-refractivity contribution in [3.05, 3.63) is 47.6 Å². The highest BCUT2D eigenvalue weighted by Gasteiger charge is 2.30. The molecule has 148 valence electrons. The molecule has 1 N–H and O–H groups in total. The van der Waals surface area contributed by atoms with Gasteiger partial charge in [-0.25, -0.2) is 0 Å². The van der Waals surface area contributed by atoms with Gasteiger partial charge in [0.05, 0.1) is 0 Å². The molecule has 2 heterocycles. The molecule has 27 heavy (non-hydrogen) atoms. The average molecular weight is 483 g/mol. The molecule has 1 fully saturated rings. The van der Waals surface area contributed by atoms with Crippen molar-refractivity contribution in [1.29, 1.82) is 0 Å². The lowest BCUT2D eigenvalue weighted by Crippen LogP contribution is -2.48. The minimum Gasteiger partial charge on any atom is -0.356 e. The molecule has 0 bridgehead atoms.